The SMILES string of the molecule is C[C@H]1OC(O[C@@H]2Cc3c(O)cc(O)cc3OC2c2ccc(O)cc2)[C@@H](O)[C@@H](O)[C@@H]1O. The van der Waals surface area contributed by atoms with E-state index in [9.17, 15) is 30.6 Å². The molecule has 0 saturated carbocycles. The summed E-state index contributed by atoms with van der Waals surface area (Å²) in [6, 6.07) is 8.83. The Bertz CT molecular complexity index is 900. The highest BCUT2D eigenvalue weighted by molar-refractivity contribution is 5.51. The Hall–Kier alpha value is -2.56. The van der Waals surface area contributed by atoms with Gasteiger partial charge in [-0.25, -0.2) is 0 Å². The molecule has 2 heterocycles. The van der Waals surface area contributed by atoms with Crippen LogP contribution in [0.4, 0.5) is 0 Å². The van der Waals surface area contributed by atoms with Crippen molar-refractivity contribution in [2.45, 2.75) is 56.3 Å². The third-order valence-electron chi connectivity index (χ3n) is 5.51. The van der Waals surface area contributed by atoms with Gasteiger partial charge in [-0.05, 0) is 24.6 Å². The van der Waals surface area contributed by atoms with Crippen molar-refractivity contribution in [1.82, 2.24) is 0 Å². The maximum Gasteiger partial charge on any atom is 0.187 e. The molecule has 9 nitrogen and oxygen atoms in total. The molecule has 0 bridgehead atoms. The monoisotopic (exact) mass is 420 g/mol. The number of aromatic hydroxyl groups is 3. The number of aliphatic hydroxyl groups is 3. The second-order valence-electron chi connectivity index (χ2n) is 7.63. The Morgan fingerprint density at radius 1 is 0.900 bits per heavy atom. The standard InChI is InChI=1S/C21H24O9/c1-9-17(25)18(26)19(27)21(28-9)30-16-8-13-14(24)6-12(23)7-15(13)29-20(16)10-2-4-11(22)5-3-10/h2-7,9,16-27H,8H2,1H3/t9-,16-,17-,18+,19+,20?,21?/m1/s1. The first kappa shape index (κ1) is 20.7. The molecule has 0 amide bonds. The highest BCUT2D eigenvalue weighted by Crippen LogP contribution is 2.43. The first-order chi connectivity index (χ1) is 14.2. The van der Waals surface area contributed by atoms with Gasteiger partial charge in [0.2, 0.25) is 0 Å². The van der Waals surface area contributed by atoms with E-state index < -0.39 is 42.9 Å². The summed E-state index contributed by atoms with van der Waals surface area (Å²) in [7, 11) is 0. The Morgan fingerprint density at radius 3 is 2.30 bits per heavy atom. The average Bonchev–Trinajstić information content (AvgIpc) is 2.71. The minimum Gasteiger partial charge on any atom is -0.508 e. The van der Waals surface area contributed by atoms with Crippen molar-refractivity contribution in [2.24, 2.45) is 0 Å². The quantitative estimate of drug-likeness (QED) is 0.422. The number of hydrogen-bond acceptors (Lipinski definition) is 9. The number of fused-ring (bicyclic) bond motifs is 1. The number of phenols is 3. The molecule has 7 atom stereocenters. The van der Waals surface area contributed by atoms with Crippen molar-refractivity contribution in [3.05, 3.63) is 47.5 Å². The normalized spacial score (nSPS) is 33.5. The van der Waals surface area contributed by atoms with E-state index in [4.69, 9.17) is 14.2 Å². The molecule has 4 rings (SSSR count). The zero-order valence-corrected chi connectivity index (χ0v) is 16.1. The lowest BCUT2D eigenvalue weighted by atomic mass is 9.93. The van der Waals surface area contributed by atoms with Crippen LogP contribution in [0.3, 0.4) is 0 Å². The van der Waals surface area contributed by atoms with Crippen LogP contribution < -0.4 is 4.74 Å². The van der Waals surface area contributed by atoms with Gasteiger partial charge in [0.1, 0.15) is 47.4 Å². The van der Waals surface area contributed by atoms with E-state index in [2.05, 4.69) is 0 Å². The van der Waals surface area contributed by atoms with E-state index in [1.165, 1.54) is 24.3 Å². The van der Waals surface area contributed by atoms with Crippen molar-refractivity contribution < 1.29 is 44.8 Å². The number of aliphatic hydroxyl groups excluding tert-OH is 3. The molecule has 6 N–H and O–H groups in total. The smallest absolute Gasteiger partial charge is 0.187 e. The van der Waals surface area contributed by atoms with Gasteiger partial charge in [0.15, 0.2) is 12.4 Å². The fraction of sp³-hybridized carbons (Fsp3) is 0.429. The van der Waals surface area contributed by atoms with Gasteiger partial charge >= 0.3 is 0 Å². The summed E-state index contributed by atoms with van der Waals surface area (Å²) < 4.78 is 17.5. The predicted molar refractivity (Wildman–Crippen MR) is 102 cm³/mol. The van der Waals surface area contributed by atoms with Crippen LogP contribution >= 0.6 is 0 Å². The Balaban J connectivity index is 1.66. The molecule has 0 spiro atoms. The van der Waals surface area contributed by atoms with Crippen molar-refractivity contribution >= 4 is 0 Å². The second kappa shape index (κ2) is 7.93. The summed E-state index contributed by atoms with van der Waals surface area (Å²) in [6.45, 7) is 1.55. The van der Waals surface area contributed by atoms with Gasteiger partial charge in [-0.15, -0.1) is 0 Å². The van der Waals surface area contributed by atoms with Crippen LogP contribution in [0.2, 0.25) is 0 Å². The third kappa shape index (κ3) is 3.78. The molecule has 1 saturated heterocycles. The van der Waals surface area contributed by atoms with E-state index >= 15 is 0 Å². The largest absolute Gasteiger partial charge is 0.508 e. The molecule has 1 fully saturated rings. The van der Waals surface area contributed by atoms with E-state index in [1.54, 1.807) is 19.1 Å². The van der Waals surface area contributed by atoms with Gasteiger partial charge in [0.25, 0.3) is 0 Å². The highest BCUT2D eigenvalue weighted by Gasteiger charge is 2.45. The maximum atomic E-state index is 10.3. The maximum absolute atomic E-state index is 10.3. The van der Waals surface area contributed by atoms with Crippen LogP contribution in [0, 0.1) is 0 Å². The van der Waals surface area contributed by atoms with Gasteiger partial charge in [0.05, 0.1) is 6.10 Å². The lowest BCUT2D eigenvalue weighted by Crippen LogP contribution is -2.58. The molecule has 2 unspecified atom stereocenters. The molecule has 2 aliphatic heterocycles. The highest BCUT2D eigenvalue weighted by atomic mass is 16.7. The van der Waals surface area contributed by atoms with Crippen molar-refractivity contribution in [3.8, 4) is 23.0 Å². The minimum atomic E-state index is -1.49. The van der Waals surface area contributed by atoms with Crippen LogP contribution in [0.15, 0.2) is 36.4 Å². The minimum absolute atomic E-state index is 0.0692. The van der Waals surface area contributed by atoms with Crippen LogP contribution in [-0.2, 0) is 15.9 Å². The Kier molecular flexibility index (Phi) is 5.48. The molecule has 0 radical (unpaired) electrons. The molecular weight excluding hydrogens is 396 g/mol. The van der Waals surface area contributed by atoms with Crippen LogP contribution in [-0.4, -0.2) is 67.4 Å². The first-order valence-electron chi connectivity index (χ1n) is 9.60. The average molecular weight is 420 g/mol. The molecule has 0 aliphatic carbocycles. The van der Waals surface area contributed by atoms with Crippen molar-refractivity contribution in [3.63, 3.8) is 0 Å². The van der Waals surface area contributed by atoms with E-state index in [-0.39, 0.29) is 29.4 Å². The lowest BCUT2D eigenvalue weighted by Gasteiger charge is -2.42. The van der Waals surface area contributed by atoms with Crippen molar-refractivity contribution in [2.75, 3.05) is 0 Å². The number of hydrogen-bond donors (Lipinski definition) is 6. The molecule has 162 valence electrons. The van der Waals surface area contributed by atoms with E-state index in [1.807, 2.05) is 0 Å². The van der Waals surface area contributed by atoms with Crippen LogP contribution in [0.5, 0.6) is 23.0 Å². The van der Waals surface area contributed by atoms with Gasteiger partial charge in [-0.3, -0.25) is 0 Å². The van der Waals surface area contributed by atoms with E-state index in [0.29, 0.717) is 11.1 Å². The van der Waals surface area contributed by atoms with Gasteiger partial charge in [-0.2, -0.15) is 0 Å². The number of ether oxygens (including phenoxy) is 3. The first-order valence-corrected chi connectivity index (χ1v) is 9.60. The second-order valence-corrected chi connectivity index (χ2v) is 7.63. The number of phenolic OH excluding ortho intramolecular Hbond substituents is 3. The lowest BCUT2D eigenvalue weighted by molar-refractivity contribution is -0.310. The van der Waals surface area contributed by atoms with Crippen LogP contribution in [0.25, 0.3) is 0 Å². The molecule has 2 aromatic rings. The van der Waals surface area contributed by atoms with Gasteiger partial charge in [-0.1, -0.05) is 12.1 Å². The van der Waals surface area contributed by atoms with Crippen LogP contribution in [0.1, 0.15) is 24.2 Å². The fourth-order valence-corrected chi connectivity index (χ4v) is 3.81. The summed E-state index contributed by atoms with van der Waals surface area (Å²) in [6.07, 6.45) is -7.55. The Morgan fingerprint density at radius 2 is 1.60 bits per heavy atom. The molecule has 30 heavy (non-hydrogen) atoms. The van der Waals surface area contributed by atoms with Crippen molar-refractivity contribution in [1.29, 1.82) is 0 Å². The molecule has 9 heteroatoms. The number of benzene rings is 2. The molecular formula is C21H24O9. The van der Waals surface area contributed by atoms with Gasteiger partial charge < -0.3 is 44.8 Å². The fourth-order valence-electron chi connectivity index (χ4n) is 3.81. The zero-order chi connectivity index (χ0) is 21.6. The molecule has 2 aromatic carbocycles. The zero-order valence-electron chi connectivity index (χ0n) is 16.1. The predicted octanol–water partition coefficient (Wildman–Crippen LogP) is 0.692. The van der Waals surface area contributed by atoms with E-state index in [0.717, 1.165) is 0 Å². The summed E-state index contributed by atoms with van der Waals surface area (Å²) in [4.78, 5) is 0. The summed E-state index contributed by atoms with van der Waals surface area (Å²) in [5.41, 5.74) is 1.05. The molecule has 2 aliphatic rings. The molecule has 0 aromatic heterocycles. The topological polar surface area (TPSA) is 149 Å². The summed E-state index contributed by atoms with van der Waals surface area (Å²) in [5, 5.41) is 59.9. The number of rotatable bonds is 3. The third-order valence-corrected chi connectivity index (χ3v) is 5.51. The summed E-state index contributed by atoms with van der Waals surface area (Å²) in [5.74, 6) is 0.0165. The summed E-state index contributed by atoms with van der Waals surface area (Å²) >= 11 is 0. The van der Waals surface area contributed by atoms with Gasteiger partial charge in [0, 0.05) is 24.1 Å². The Labute approximate surface area is 172 Å².